The fourth-order valence-electron chi connectivity index (χ4n) is 5.53. The first-order chi connectivity index (χ1) is 22.1. The van der Waals surface area contributed by atoms with Crippen LogP contribution in [0.5, 0.6) is 0 Å². The number of primary amides is 1. The maximum absolute atomic E-state index is 13.3. The van der Waals surface area contributed by atoms with Crippen LogP contribution in [-0.2, 0) is 30.4 Å². The van der Waals surface area contributed by atoms with Gasteiger partial charge in [0.1, 0.15) is 12.1 Å². The molecule has 0 unspecified atom stereocenters. The fourth-order valence-corrected chi connectivity index (χ4v) is 5.53. The van der Waals surface area contributed by atoms with Gasteiger partial charge in [-0.3, -0.25) is 24.0 Å². The highest BCUT2D eigenvalue weighted by Crippen LogP contribution is 2.27. The van der Waals surface area contributed by atoms with E-state index < -0.39 is 29.9 Å². The molecule has 0 aromatic heterocycles. The molecule has 46 heavy (non-hydrogen) atoms. The van der Waals surface area contributed by atoms with Crippen molar-refractivity contribution >= 4 is 35.4 Å². The summed E-state index contributed by atoms with van der Waals surface area (Å²) in [5.74, 6) is -2.91. The predicted molar refractivity (Wildman–Crippen MR) is 173 cm³/mol. The zero-order valence-corrected chi connectivity index (χ0v) is 26.0. The molecule has 246 valence electrons. The number of rotatable bonds is 18. The standard InChI is InChI=1S/C35H44N4O7/c36-34(45)28(38-31(41)20-21-32(42)43)13-7-8-22-37-35(46)29(39-30(40)19-16-24-9-3-1-4-10-24)23-25-14-17-27(18-15-25)33(44)26-11-5-2-6-12-26/h2,5-6,11-12,14-15,17-18,20-21,24,28-29H,1,3-4,7-10,13,16,19,22-23H2,(H2,36,45)(H,37,46)(H,38,41)(H,39,40)(H,42,43)/b21-20+/t28-,29+/m0/s1. The fraction of sp³-hybridized carbons (Fsp3) is 0.429. The topological polar surface area (TPSA) is 185 Å². The summed E-state index contributed by atoms with van der Waals surface area (Å²) in [6, 6.07) is 14.2. The monoisotopic (exact) mass is 632 g/mol. The molecule has 1 fully saturated rings. The van der Waals surface area contributed by atoms with Crippen LogP contribution in [0.15, 0.2) is 66.7 Å². The van der Waals surface area contributed by atoms with Crippen LogP contribution in [0.1, 0.15) is 85.7 Å². The molecule has 2 aromatic rings. The first-order valence-electron chi connectivity index (χ1n) is 15.9. The first-order valence-corrected chi connectivity index (χ1v) is 15.9. The predicted octanol–water partition coefficient (Wildman–Crippen LogP) is 3.20. The Kier molecular flexibility index (Phi) is 14.6. The van der Waals surface area contributed by atoms with Crippen molar-refractivity contribution in [3.63, 3.8) is 0 Å². The van der Waals surface area contributed by atoms with Gasteiger partial charge in [-0.25, -0.2) is 4.79 Å². The average Bonchev–Trinajstić information content (AvgIpc) is 3.06. The molecule has 1 aliphatic rings. The number of amides is 4. The zero-order chi connectivity index (χ0) is 33.3. The van der Waals surface area contributed by atoms with Crippen LogP contribution in [0.2, 0.25) is 0 Å². The third-order valence-electron chi connectivity index (χ3n) is 8.10. The van der Waals surface area contributed by atoms with Gasteiger partial charge in [0.05, 0.1) is 0 Å². The maximum atomic E-state index is 13.3. The molecule has 0 spiro atoms. The van der Waals surface area contributed by atoms with Gasteiger partial charge >= 0.3 is 5.97 Å². The molecule has 4 amide bonds. The molecule has 0 saturated heterocycles. The Morgan fingerprint density at radius 2 is 1.50 bits per heavy atom. The minimum Gasteiger partial charge on any atom is -0.478 e. The van der Waals surface area contributed by atoms with Gasteiger partial charge in [0.15, 0.2) is 5.78 Å². The van der Waals surface area contributed by atoms with E-state index in [-0.39, 0.29) is 37.0 Å². The van der Waals surface area contributed by atoms with Gasteiger partial charge in [-0.1, -0.05) is 86.7 Å². The van der Waals surface area contributed by atoms with E-state index in [1.165, 1.54) is 19.3 Å². The van der Waals surface area contributed by atoms with E-state index in [9.17, 15) is 28.8 Å². The third kappa shape index (κ3) is 12.7. The highest BCUT2D eigenvalue weighted by molar-refractivity contribution is 6.09. The number of carbonyl (C=O) groups excluding carboxylic acids is 5. The Balaban J connectivity index is 1.56. The number of nitrogens with one attached hydrogen (secondary N) is 3. The summed E-state index contributed by atoms with van der Waals surface area (Å²) in [5.41, 5.74) is 7.26. The van der Waals surface area contributed by atoms with Crippen molar-refractivity contribution in [3.05, 3.63) is 83.4 Å². The van der Waals surface area contributed by atoms with Gasteiger partial charge in [0.2, 0.25) is 23.6 Å². The molecule has 0 heterocycles. The zero-order valence-electron chi connectivity index (χ0n) is 26.0. The largest absolute Gasteiger partial charge is 0.478 e. The van der Waals surface area contributed by atoms with Gasteiger partial charge in [0, 0.05) is 42.7 Å². The maximum Gasteiger partial charge on any atom is 0.328 e. The lowest BCUT2D eigenvalue weighted by atomic mass is 9.86. The number of ketones is 1. The van der Waals surface area contributed by atoms with Gasteiger partial charge in [-0.05, 0) is 37.2 Å². The number of unbranched alkanes of at least 4 members (excludes halogenated alkanes) is 1. The number of benzene rings is 2. The summed E-state index contributed by atoms with van der Waals surface area (Å²) in [6.45, 7) is 0.260. The molecule has 0 aliphatic heterocycles. The second-order valence-electron chi connectivity index (χ2n) is 11.7. The van der Waals surface area contributed by atoms with E-state index in [0.29, 0.717) is 42.4 Å². The molecule has 2 aromatic carbocycles. The number of hydrogen-bond acceptors (Lipinski definition) is 6. The molecule has 3 rings (SSSR count). The normalized spacial score (nSPS) is 14.6. The van der Waals surface area contributed by atoms with E-state index in [2.05, 4.69) is 16.0 Å². The van der Waals surface area contributed by atoms with E-state index in [4.69, 9.17) is 10.8 Å². The van der Waals surface area contributed by atoms with Crippen molar-refractivity contribution in [2.75, 3.05) is 6.54 Å². The van der Waals surface area contributed by atoms with E-state index in [0.717, 1.165) is 30.9 Å². The molecule has 11 heteroatoms. The second kappa shape index (κ2) is 18.9. The molecule has 0 radical (unpaired) electrons. The smallest absolute Gasteiger partial charge is 0.328 e. The van der Waals surface area contributed by atoms with E-state index in [1.54, 1.807) is 48.5 Å². The van der Waals surface area contributed by atoms with Crippen LogP contribution in [0, 0.1) is 5.92 Å². The molecule has 1 saturated carbocycles. The highest BCUT2D eigenvalue weighted by Gasteiger charge is 2.23. The van der Waals surface area contributed by atoms with Gasteiger partial charge in [-0.15, -0.1) is 0 Å². The Morgan fingerprint density at radius 3 is 2.15 bits per heavy atom. The van der Waals surface area contributed by atoms with Crippen molar-refractivity contribution in [3.8, 4) is 0 Å². The number of carboxylic acids is 1. The summed E-state index contributed by atoms with van der Waals surface area (Å²) >= 11 is 0. The summed E-state index contributed by atoms with van der Waals surface area (Å²) < 4.78 is 0. The Labute approximate surface area is 269 Å². The molecular formula is C35H44N4O7. The van der Waals surface area contributed by atoms with Crippen molar-refractivity contribution in [1.82, 2.24) is 16.0 Å². The van der Waals surface area contributed by atoms with Crippen LogP contribution in [0.4, 0.5) is 0 Å². The van der Waals surface area contributed by atoms with Gasteiger partial charge in [-0.2, -0.15) is 0 Å². The van der Waals surface area contributed by atoms with Crippen LogP contribution in [0.3, 0.4) is 0 Å². The summed E-state index contributed by atoms with van der Waals surface area (Å²) in [6.07, 6.45) is 9.82. The Bertz CT molecular complexity index is 1370. The van der Waals surface area contributed by atoms with Crippen molar-refractivity contribution in [1.29, 1.82) is 0 Å². The summed E-state index contributed by atoms with van der Waals surface area (Å²) in [5, 5.41) is 16.8. The van der Waals surface area contributed by atoms with Gasteiger partial charge < -0.3 is 26.8 Å². The molecule has 1 aliphatic carbocycles. The van der Waals surface area contributed by atoms with Crippen LogP contribution in [-0.4, -0.2) is 59.1 Å². The highest BCUT2D eigenvalue weighted by atomic mass is 16.4. The van der Waals surface area contributed by atoms with Gasteiger partial charge in [0.25, 0.3) is 0 Å². The summed E-state index contributed by atoms with van der Waals surface area (Å²) in [7, 11) is 0. The Hall–Kier alpha value is -4.80. The van der Waals surface area contributed by atoms with E-state index >= 15 is 0 Å². The molecule has 2 atom stereocenters. The van der Waals surface area contributed by atoms with Crippen molar-refractivity contribution in [2.45, 2.75) is 82.7 Å². The molecule has 11 nitrogen and oxygen atoms in total. The number of nitrogens with two attached hydrogens (primary N) is 1. The lowest BCUT2D eigenvalue weighted by molar-refractivity contribution is -0.131. The molecular weight excluding hydrogens is 588 g/mol. The van der Waals surface area contributed by atoms with Crippen LogP contribution < -0.4 is 21.7 Å². The number of aliphatic carboxylic acids is 1. The average molecular weight is 633 g/mol. The SMILES string of the molecule is NC(=O)[C@H](CCCCNC(=O)[C@@H](Cc1ccc(C(=O)c2ccccc2)cc1)NC(=O)CCC1CCCCC1)NC(=O)/C=C/C(=O)O. The second-order valence-corrected chi connectivity index (χ2v) is 11.7. The number of hydrogen-bond donors (Lipinski definition) is 5. The van der Waals surface area contributed by atoms with Crippen LogP contribution in [0.25, 0.3) is 0 Å². The van der Waals surface area contributed by atoms with E-state index in [1.807, 2.05) is 6.07 Å². The lowest BCUT2D eigenvalue weighted by Gasteiger charge is -2.22. The lowest BCUT2D eigenvalue weighted by Crippen LogP contribution is -2.48. The quantitative estimate of drug-likeness (QED) is 0.0949. The number of carboxylic acid groups (broad SMARTS) is 1. The molecule has 6 N–H and O–H groups in total. The minimum atomic E-state index is -1.30. The van der Waals surface area contributed by atoms with Crippen LogP contribution >= 0.6 is 0 Å². The van der Waals surface area contributed by atoms with Crippen molar-refractivity contribution in [2.24, 2.45) is 11.7 Å². The number of carbonyl (C=O) groups is 6. The molecule has 0 bridgehead atoms. The third-order valence-corrected chi connectivity index (χ3v) is 8.10. The Morgan fingerprint density at radius 1 is 0.826 bits per heavy atom. The minimum absolute atomic E-state index is 0.104. The summed E-state index contributed by atoms with van der Waals surface area (Å²) in [4.78, 5) is 73.1. The van der Waals surface area contributed by atoms with Crippen molar-refractivity contribution < 1.29 is 33.9 Å². The first kappa shape index (κ1) is 35.7.